The number of Topliss-reactive ketones (excluding diaryl/α,β-unsaturated/α-hetero) is 1. The van der Waals surface area contributed by atoms with Crippen LogP contribution in [0.3, 0.4) is 0 Å². The van der Waals surface area contributed by atoms with Crippen LogP contribution in [0.25, 0.3) is 0 Å². The number of imide groups is 2. The highest BCUT2D eigenvalue weighted by Crippen LogP contribution is 2.31. The van der Waals surface area contributed by atoms with Gasteiger partial charge in [-0.25, -0.2) is 13.2 Å². The van der Waals surface area contributed by atoms with E-state index in [2.05, 4.69) is 16.0 Å². The molecule has 1 unspecified atom stereocenters. The fourth-order valence-electron chi connectivity index (χ4n) is 6.19. The lowest BCUT2D eigenvalue weighted by molar-refractivity contribution is -0.136. The molecule has 10 nitrogen and oxygen atoms in total. The monoisotopic (exact) mass is 818 g/mol. The molecule has 1 fully saturated rings. The Labute approximate surface area is 307 Å². The van der Waals surface area contributed by atoms with Crippen molar-refractivity contribution in [3.63, 3.8) is 0 Å². The maximum atomic E-state index is 14.6. The summed E-state index contributed by atoms with van der Waals surface area (Å²) in [6, 6.07) is 10.4. The summed E-state index contributed by atoms with van der Waals surface area (Å²) >= 11 is 1.92. The van der Waals surface area contributed by atoms with E-state index in [1.54, 1.807) is 18.2 Å². The largest absolute Gasteiger partial charge is 0.373 e. The number of amides is 4. The van der Waals surface area contributed by atoms with E-state index in [1.165, 1.54) is 12.1 Å². The molecule has 3 aromatic rings. The van der Waals surface area contributed by atoms with Gasteiger partial charge in [0, 0.05) is 22.2 Å². The van der Waals surface area contributed by atoms with Gasteiger partial charge in [-0.1, -0.05) is 31.4 Å². The van der Waals surface area contributed by atoms with Gasteiger partial charge in [0.1, 0.15) is 18.5 Å². The number of hydrogen-bond donors (Lipinski definition) is 3. The van der Waals surface area contributed by atoms with Gasteiger partial charge in [0.25, 0.3) is 11.8 Å². The van der Waals surface area contributed by atoms with Gasteiger partial charge in [-0.05, 0) is 110 Å². The van der Waals surface area contributed by atoms with Crippen LogP contribution in [0.15, 0.2) is 48.5 Å². The molecule has 3 aromatic carbocycles. The number of nitrogens with one attached hydrogen (secondary N) is 3. The second-order valence-corrected chi connectivity index (χ2v) is 13.7. The number of carbonyl (C=O) groups is 5. The first kappa shape index (κ1) is 38.1. The molecular formula is C37H38F3IN4O6. The van der Waals surface area contributed by atoms with Crippen molar-refractivity contribution in [3.05, 3.63) is 91.8 Å². The summed E-state index contributed by atoms with van der Waals surface area (Å²) in [4.78, 5) is 63.9. The van der Waals surface area contributed by atoms with Crippen LogP contribution in [-0.2, 0) is 20.7 Å². The number of fused-ring (bicyclic) bond motifs is 1. The highest BCUT2D eigenvalue weighted by Gasteiger charge is 2.45. The average molecular weight is 819 g/mol. The Kier molecular flexibility index (Phi) is 13.3. The fourth-order valence-corrected chi connectivity index (χ4v) is 6.64. The number of ketones is 1. The molecule has 2 aliphatic rings. The van der Waals surface area contributed by atoms with Crippen molar-refractivity contribution in [3.8, 4) is 0 Å². The number of anilines is 2. The molecule has 270 valence electrons. The number of rotatable bonds is 18. The summed E-state index contributed by atoms with van der Waals surface area (Å²) in [5, 5.41) is 8.06. The lowest BCUT2D eigenvalue weighted by atomic mass is 9.97. The minimum Gasteiger partial charge on any atom is -0.373 e. The van der Waals surface area contributed by atoms with Crippen LogP contribution >= 0.6 is 22.6 Å². The van der Waals surface area contributed by atoms with E-state index in [4.69, 9.17) is 4.74 Å². The molecule has 51 heavy (non-hydrogen) atoms. The summed E-state index contributed by atoms with van der Waals surface area (Å²) in [6.45, 7) is 1.40. The molecule has 0 aromatic heterocycles. The van der Waals surface area contributed by atoms with E-state index in [0.717, 1.165) is 61.2 Å². The number of carbonyl (C=O) groups excluding carboxylic acids is 5. The molecule has 3 N–H and O–H groups in total. The Bertz CT molecular complexity index is 1820. The quantitative estimate of drug-likeness (QED) is 0.0597. The van der Waals surface area contributed by atoms with Crippen molar-refractivity contribution in [2.45, 2.75) is 63.8 Å². The van der Waals surface area contributed by atoms with Crippen LogP contribution < -0.4 is 16.0 Å². The van der Waals surface area contributed by atoms with Crippen LogP contribution in [0.5, 0.6) is 0 Å². The van der Waals surface area contributed by atoms with Crippen LogP contribution in [-0.4, -0.2) is 66.7 Å². The highest BCUT2D eigenvalue weighted by atomic mass is 127. The van der Waals surface area contributed by atoms with Crippen molar-refractivity contribution < 1.29 is 41.9 Å². The van der Waals surface area contributed by atoms with Crippen LogP contribution in [0.1, 0.15) is 88.0 Å². The van der Waals surface area contributed by atoms with Gasteiger partial charge < -0.3 is 15.4 Å². The Balaban J connectivity index is 0.948. The summed E-state index contributed by atoms with van der Waals surface area (Å²) in [6.07, 6.45) is 6.20. The Morgan fingerprint density at radius 1 is 0.902 bits per heavy atom. The number of hydrogen-bond acceptors (Lipinski definition) is 8. The second kappa shape index (κ2) is 17.9. The van der Waals surface area contributed by atoms with Crippen LogP contribution in [0.2, 0.25) is 0 Å². The van der Waals surface area contributed by atoms with E-state index < -0.39 is 58.6 Å². The maximum absolute atomic E-state index is 14.6. The van der Waals surface area contributed by atoms with Gasteiger partial charge in [0.05, 0.1) is 22.5 Å². The number of nitrogens with zero attached hydrogens (tertiary/aromatic N) is 1. The summed E-state index contributed by atoms with van der Waals surface area (Å²) in [7, 11) is 0. The zero-order chi connectivity index (χ0) is 36.5. The first-order valence-electron chi connectivity index (χ1n) is 16.9. The molecule has 2 heterocycles. The van der Waals surface area contributed by atoms with Crippen molar-refractivity contribution >= 4 is 63.4 Å². The highest BCUT2D eigenvalue weighted by molar-refractivity contribution is 14.1. The maximum Gasteiger partial charge on any atom is 0.262 e. The third-order valence-electron chi connectivity index (χ3n) is 8.82. The topological polar surface area (TPSA) is 134 Å². The fraction of sp³-hybridized carbons (Fsp3) is 0.378. The molecule has 0 aliphatic carbocycles. The Morgan fingerprint density at radius 2 is 1.67 bits per heavy atom. The second-order valence-electron chi connectivity index (χ2n) is 12.4. The zero-order valence-electron chi connectivity index (χ0n) is 27.8. The number of unbranched alkanes of at least 4 members (excludes halogenated alkanes) is 4. The van der Waals surface area contributed by atoms with Gasteiger partial charge in [0.2, 0.25) is 11.8 Å². The van der Waals surface area contributed by atoms with Crippen molar-refractivity contribution in [2.75, 3.05) is 31.6 Å². The van der Waals surface area contributed by atoms with Gasteiger partial charge in [-0.15, -0.1) is 0 Å². The first-order valence-corrected chi connectivity index (χ1v) is 18.0. The lowest BCUT2D eigenvalue weighted by Gasteiger charge is -2.27. The predicted octanol–water partition coefficient (Wildman–Crippen LogP) is 6.23. The molecular weight excluding hydrogens is 780 g/mol. The van der Waals surface area contributed by atoms with Crippen molar-refractivity contribution in [1.29, 1.82) is 0 Å². The summed E-state index contributed by atoms with van der Waals surface area (Å²) in [5.41, 5.74) is 0.757. The van der Waals surface area contributed by atoms with Gasteiger partial charge in [0.15, 0.2) is 17.4 Å². The third-order valence-corrected chi connectivity index (χ3v) is 9.49. The minimum atomic E-state index is -1.28. The van der Waals surface area contributed by atoms with E-state index in [1.807, 2.05) is 28.7 Å². The van der Waals surface area contributed by atoms with Crippen molar-refractivity contribution in [2.24, 2.45) is 0 Å². The van der Waals surface area contributed by atoms with Crippen molar-refractivity contribution in [1.82, 2.24) is 15.5 Å². The zero-order valence-corrected chi connectivity index (χ0v) is 30.0. The summed E-state index contributed by atoms with van der Waals surface area (Å²) < 4.78 is 49.0. The predicted molar refractivity (Wildman–Crippen MR) is 191 cm³/mol. The molecule has 2 aliphatic heterocycles. The number of aryl methyl sites for hydroxylation is 1. The van der Waals surface area contributed by atoms with E-state index in [9.17, 15) is 37.1 Å². The van der Waals surface area contributed by atoms with Crippen LogP contribution in [0.4, 0.5) is 24.5 Å². The average Bonchev–Trinajstić information content (AvgIpc) is 3.35. The molecule has 0 bridgehead atoms. The smallest absolute Gasteiger partial charge is 0.262 e. The molecule has 0 radical (unpaired) electrons. The third kappa shape index (κ3) is 9.40. The molecule has 14 heteroatoms. The number of benzene rings is 3. The molecule has 0 spiro atoms. The number of piperidine rings is 1. The number of ether oxygens (including phenoxy) is 1. The molecule has 4 amide bonds. The minimum absolute atomic E-state index is 0.0766. The standard InChI is InChI=1S/C37H38F3IN4O6/c38-26-13-12-24(34(33(26)40)43-28-14-11-23(41)20-27(28)39)30(46)21-51-19-7-18-42-17-5-3-1-2-4-8-22-9-6-10-25-32(22)37(50)45(36(25)49)29-15-16-31(47)44-35(29)48/h6,9-14,20,29,42-43H,1-5,7-8,15-19,21H2,(H,44,47,48). The van der Waals surface area contributed by atoms with Crippen LogP contribution in [0, 0.1) is 21.0 Å². The van der Waals surface area contributed by atoms with Gasteiger partial charge in [-0.3, -0.25) is 34.2 Å². The molecule has 5 rings (SSSR count). The van der Waals surface area contributed by atoms with E-state index in [-0.39, 0.29) is 37.3 Å². The van der Waals surface area contributed by atoms with E-state index in [0.29, 0.717) is 34.1 Å². The Morgan fingerprint density at radius 3 is 2.45 bits per heavy atom. The number of halogens is 4. The lowest BCUT2D eigenvalue weighted by Crippen LogP contribution is -2.54. The molecule has 1 saturated heterocycles. The van der Waals surface area contributed by atoms with Gasteiger partial charge in [-0.2, -0.15) is 0 Å². The van der Waals surface area contributed by atoms with Gasteiger partial charge >= 0.3 is 0 Å². The summed E-state index contributed by atoms with van der Waals surface area (Å²) in [5.74, 6) is -5.70. The molecule has 1 atom stereocenters. The molecule has 0 saturated carbocycles. The normalized spacial score (nSPS) is 15.7. The SMILES string of the molecule is O=C1CCC(N2C(=O)c3cccc(CCCCCCCNCCCOCC(=O)c4ccc(F)c(F)c4Nc4ccc(I)cc4F)c3C2=O)C(=O)N1. The van der Waals surface area contributed by atoms with E-state index >= 15 is 0 Å². The Hall–Kier alpha value is -4.15. The first-order chi connectivity index (χ1) is 24.6.